The van der Waals surface area contributed by atoms with Gasteiger partial charge in [0.1, 0.15) is 0 Å². The number of carbonyl (C=O) groups excluding carboxylic acids is 1. The number of aromatic nitrogens is 1. The number of methoxy groups -OCH3 is 1. The lowest BCUT2D eigenvalue weighted by atomic mass is 9.74. The van der Waals surface area contributed by atoms with Crippen LogP contribution in [0.3, 0.4) is 0 Å². The molecule has 25 heavy (non-hydrogen) atoms. The maximum atomic E-state index is 12.5. The molecule has 138 valence electrons. The Morgan fingerprint density at radius 2 is 2.04 bits per heavy atom. The summed E-state index contributed by atoms with van der Waals surface area (Å²) in [6.07, 6.45) is 10.8. The molecule has 0 bridgehead atoms. The first-order valence-corrected chi connectivity index (χ1v) is 9.50. The molecular formula is C20H29NO4. The fourth-order valence-corrected chi connectivity index (χ4v) is 4.12. The summed E-state index contributed by atoms with van der Waals surface area (Å²) in [6.45, 7) is 1.82. The van der Waals surface area contributed by atoms with Gasteiger partial charge in [-0.3, -0.25) is 4.79 Å². The molecule has 1 saturated heterocycles. The van der Waals surface area contributed by atoms with Crippen LogP contribution in [0.2, 0.25) is 0 Å². The lowest BCUT2D eigenvalue weighted by Gasteiger charge is -2.34. The van der Waals surface area contributed by atoms with Crippen LogP contribution in [-0.4, -0.2) is 37.9 Å². The summed E-state index contributed by atoms with van der Waals surface area (Å²) in [4.78, 5) is 16.8. The molecule has 5 heteroatoms. The molecule has 2 fully saturated rings. The summed E-state index contributed by atoms with van der Waals surface area (Å²) < 4.78 is 16.4. The lowest BCUT2D eigenvalue weighted by Crippen LogP contribution is -2.42. The summed E-state index contributed by atoms with van der Waals surface area (Å²) >= 11 is 0. The summed E-state index contributed by atoms with van der Waals surface area (Å²) in [7, 11) is 1.45. The van der Waals surface area contributed by atoms with Gasteiger partial charge in [0.05, 0.1) is 19.1 Å². The van der Waals surface area contributed by atoms with Gasteiger partial charge >= 0.3 is 5.97 Å². The zero-order valence-electron chi connectivity index (χ0n) is 15.2. The molecule has 2 heterocycles. The van der Waals surface area contributed by atoms with Crippen LogP contribution >= 0.6 is 0 Å². The normalized spacial score (nSPS) is 20.8. The highest BCUT2D eigenvalue weighted by molar-refractivity contribution is 5.83. The van der Waals surface area contributed by atoms with Gasteiger partial charge in [0.15, 0.2) is 0 Å². The van der Waals surface area contributed by atoms with E-state index in [1.807, 2.05) is 12.1 Å². The average Bonchev–Trinajstić information content (AvgIpc) is 2.69. The van der Waals surface area contributed by atoms with Crippen molar-refractivity contribution in [2.75, 3.05) is 26.9 Å². The van der Waals surface area contributed by atoms with Gasteiger partial charge in [-0.15, -0.1) is 0 Å². The van der Waals surface area contributed by atoms with E-state index in [1.54, 1.807) is 6.20 Å². The number of hydrogen-bond acceptors (Lipinski definition) is 5. The van der Waals surface area contributed by atoms with Gasteiger partial charge in [0.2, 0.25) is 5.88 Å². The van der Waals surface area contributed by atoms with E-state index < -0.39 is 5.41 Å². The van der Waals surface area contributed by atoms with E-state index in [9.17, 15) is 4.79 Å². The molecule has 1 aromatic heterocycles. The molecule has 3 rings (SSSR count). The summed E-state index contributed by atoms with van der Waals surface area (Å²) in [5.41, 5.74) is 0.280. The minimum absolute atomic E-state index is 0.199. The number of rotatable bonds is 6. The molecular weight excluding hydrogens is 318 g/mol. The molecule has 5 nitrogen and oxygen atoms in total. The number of pyridine rings is 1. The summed E-state index contributed by atoms with van der Waals surface area (Å²) in [6, 6.07) is 3.80. The summed E-state index contributed by atoms with van der Waals surface area (Å²) in [5.74, 6) is 1.19. The van der Waals surface area contributed by atoms with E-state index >= 15 is 0 Å². The topological polar surface area (TPSA) is 57.7 Å². The molecule has 1 saturated carbocycles. The highest BCUT2D eigenvalue weighted by atomic mass is 16.5. The second kappa shape index (κ2) is 8.65. The average molecular weight is 347 g/mol. The van der Waals surface area contributed by atoms with E-state index in [1.165, 1.54) is 39.2 Å². The maximum absolute atomic E-state index is 12.5. The fraction of sp³-hybridized carbons (Fsp3) is 0.700. The van der Waals surface area contributed by atoms with E-state index in [2.05, 4.69) is 4.98 Å². The molecule has 1 aliphatic carbocycles. The van der Waals surface area contributed by atoms with E-state index in [-0.39, 0.29) is 5.97 Å². The van der Waals surface area contributed by atoms with Gasteiger partial charge < -0.3 is 14.2 Å². The largest absolute Gasteiger partial charge is 0.478 e. The third-order valence-corrected chi connectivity index (χ3v) is 5.71. The first-order chi connectivity index (χ1) is 12.2. The molecule has 0 aromatic carbocycles. The summed E-state index contributed by atoms with van der Waals surface area (Å²) in [5, 5.41) is 0. The molecule has 1 aliphatic heterocycles. The first-order valence-electron chi connectivity index (χ1n) is 9.50. The zero-order chi connectivity index (χ0) is 17.5. The van der Waals surface area contributed by atoms with Crippen molar-refractivity contribution in [3.63, 3.8) is 0 Å². The minimum Gasteiger partial charge on any atom is -0.478 e. The quantitative estimate of drug-likeness (QED) is 0.735. The molecule has 0 spiro atoms. The molecule has 0 unspecified atom stereocenters. The minimum atomic E-state index is -0.641. The molecule has 0 radical (unpaired) electrons. The van der Waals surface area contributed by atoms with Crippen LogP contribution in [0.5, 0.6) is 5.88 Å². The molecule has 2 aliphatic rings. The van der Waals surface area contributed by atoms with Gasteiger partial charge in [-0.25, -0.2) is 4.98 Å². The van der Waals surface area contributed by atoms with Crippen LogP contribution in [0.25, 0.3) is 0 Å². The Balaban J connectivity index is 1.65. The van der Waals surface area contributed by atoms with Gasteiger partial charge in [-0.2, -0.15) is 0 Å². The lowest BCUT2D eigenvalue weighted by molar-refractivity contribution is -0.151. The van der Waals surface area contributed by atoms with Crippen LogP contribution < -0.4 is 4.74 Å². The standard InChI is InChI=1S/C20H29NO4/c1-23-19(22)20(9-13-24-14-10-20)17-7-11-21-18(15-17)25-12-8-16-5-3-2-4-6-16/h7,11,15-16H,2-6,8-10,12-14H2,1H3. The van der Waals surface area contributed by atoms with Crippen molar-refractivity contribution in [2.45, 2.75) is 56.8 Å². The SMILES string of the molecule is COC(=O)C1(c2ccnc(OCCC3CCCCC3)c2)CCOCC1. The molecule has 1 aromatic rings. The number of carbonyl (C=O) groups is 1. The Morgan fingerprint density at radius 1 is 1.28 bits per heavy atom. The smallest absolute Gasteiger partial charge is 0.316 e. The van der Waals surface area contributed by atoms with Crippen molar-refractivity contribution in [1.82, 2.24) is 4.98 Å². The number of hydrogen-bond donors (Lipinski definition) is 0. The van der Waals surface area contributed by atoms with Gasteiger partial charge in [0, 0.05) is 25.5 Å². The molecule has 0 amide bonds. The van der Waals surface area contributed by atoms with E-state index in [0.717, 1.165) is 17.9 Å². The Bertz CT molecular complexity index is 563. The second-order valence-corrected chi connectivity index (χ2v) is 7.21. The van der Waals surface area contributed by atoms with E-state index in [0.29, 0.717) is 38.5 Å². The molecule has 0 atom stereocenters. The van der Waals surface area contributed by atoms with Crippen LogP contribution in [-0.2, 0) is 19.7 Å². The predicted molar refractivity (Wildman–Crippen MR) is 94.7 cm³/mol. The van der Waals surface area contributed by atoms with E-state index in [4.69, 9.17) is 14.2 Å². The number of nitrogens with zero attached hydrogens (tertiary/aromatic N) is 1. The monoisotopic (exact) mass is 347 g/mol. The molecule has 0 N–H and O–H groups in total. The fourth-order valence-electron chi connectivity index (χ4n) is 4.12. The van der Waals surface area contributed by atoms with Crippen LogP contribution in [0.1, 0.15) is 56.9 Å². The van der Waals surface area contributed by atoms with Gasteiger partial charge in [-0.05, 0) is 36.8 Å². The van der Waals surface area contributed by atoms with Crippen molar-refractivity contribution in [2.24, 2.45) is 5.92 Å². The first kappa shape index (κ1) is 18.2. The Hall–Kier alpha value is -1.62. The Kier molecular flexibility index (Phi) is 6.29. The Labute approximate surface area is 150 Å². The van der Waals surface area contributed by atoms with Crippen LogP contribution in [0.4, 0.5) is 0 Å². The van der Waals surface area contributed by atoms with Gasteiger partial charge in [0.25, 0.3) is 0 Å². The van der Waals surface area contributed by atoms with Crippen molar-refractivity contribution in [1.29, 1.82) is 0 Å². The highest BCUT2D eigenvalue weighted by Crippen LogP contribution is 2.37. The second-order valence-electron chi connectivity index (χ2n) is 7.21. The zero-order valence-corrected chi connectivity index (χ0v) is 15.2. The Morgan fingerprint density at radius 3 is 2.76 bits per heavy atom. The third kappa shape index (κ3) is 4.32. The highest BCUT2D eigenvalue weighted by Gasteiger charge is 2.43. The van der Waals surface area contributed by atoms with Crippen LogP contribution in [0, 0.1) is 5.92 Å². The number of ether oxygens (including phenoxy) is 3. The maximum Gasteiger partial charge on any atom is 0.316 e. The van der Waals surface area contributed by atoms with Crippen molar-refractivity contribution in [3.05, 3.63) is 23.9 Å². The van der Waals surface area contributed by atoms with Crippen molar-refractivity contribution in [3.8, 4) is 5.88 Å². The van der Waals surface area contributed by atoms with Crippen LogP contribution in [0.15, 0.2) is 18.3 Å². The van der Waals surface area contributed by atoms with Crippen molar-refractivity contribution < 1.29 is 19.0 Å². The third-order valence-electron chi connectivity index (χ3n) is 5.71. The number of esters is 1. The predicted octanol–water partition coefficient (Wildman–Crippen LogP) is 3.65. The van der Waals surface area contributed by atoms with Crippen molar-refractivity contribution >= 4 is 5.97 Å². The van der Waals surface area contributed by atoms with Gasteiger partial charge in [-0.1, -0.05) is 32.1 Å².